The van der Waals surface area contributed by atoms with Gasteiger partial charge in [-0.3, -0.25) is 9.89 Å². The van der Waals surface area contributed by atoms with Crippen molar-refractivity contribution in [1.82, 2.24) is 19.7 Å². The number of aromatic amines is 1. The molecule has 1 N–H and O–H groups in total. The summed E-state index contributed by atoms with van der Waals surface area (Å²) in [6.45, 7) is 1.45. The molecule has 21 heavy (non-hydrogen) atoms. The van der Waals surface area contributed by atoms with E-state index in [-0.39, 0.29) is 11.8 Å². The first kappa shape index (κ1) is 14.7. The van der Waals surface area contributed by atoms with Crippen molar-refractivity contribution in [2.45, 2.75) is 18.8 Å². The van der Waals surface area contributed by atoms with Crippen molar-refractivity contribution in [2.75, 3.05) is 13.1 Å². The highest BCUT2D eigenvalue weighted by atomic mass is 35.5. The summed E-state index contributed by atoms with van der Waals surface area (Å²) < 4.78 is 3.13. The van der Waals surface area contributed by atoms with E-state index in [2.05, 4.69) is 10.2 Å². The van der Waals surface area contributed by atoms with Crippen LogP contribution in [0.25, 0.3) is 0 Å². The Bertz CT molecular complexity index is 720. The highest BCUT2D eigenvalue weighted by molar-refractivity contribution is 7.71. The number of rotatable bonds is 2. The first-order valence-corrected chi connectivity index (χ1v) is 8.32. The zero-order valence-electron chi connectivity index (χ0n) is 11.5. The number of piperidine rings is 1. The second-order valence-corrected chi connectivity index (χ2v) is 7.24. The number of halogens is 1. The molecule has 0 aliphatic carbocycles. The van der Waals surface area contributed by atoms with Crippen LogP contribution in [0, 0.1) is 4.77 Å². The van der Waals surface area contributed by atoms with E-state index < -0.39 is 0 Å². The van der Waals surface area contributed by atoms with Gasteiger partial charge in [-0.15, -0.1) is 11.3 Å². The molecular formula is C13H15ClN4OS2. The van der Waals surface area contributed by atoms with Gasteiger partial charge in [0.1, 0.15) is 5.82 Å². The lowest BCUT2D eigenvalue weighted by atomic mass is 9.97. The van der Waals surface area contributed by atoms with Crippen molar-refractivity contribution in [3.63, 3.8) is 0 Å². The smallest absolute Gasteiger partial charge is 0.263 e. The third-order valence-electron chi connectivity index (χ3n) is 3.77. The maximum atomic E-state index is 12.5. The average molecular weight is 343 g/mol. The minimum absolute atomic E-state index is 0.0494. The number of likely N-dealkylation sites (tertiary alicyclic amines) is 1. The van der Waals surface area contributed by atoms with Crippen LogP contribution in [-0.4, -0.2) is 38.7 Å². The van der Waals surface area contributed by atoms with Gasteiger partial charge < -0.3 is 9.47 Å². The molecule has 1 saturated heterocycles. The lowest BCUT2D eigenvalue weighted by Gasteiger charge is -2.31. The van der Waals surface area contributed by atoms with Gasteiger partial charge in [0, 0.05) is 26.1 Å². The predicted molar refractivity (Wildman–Crippen MR) is 85.6 cm³/mol. The van der Waals surface area contributed by atoms with Gasteiger partial charge in [0.25, 0.3) is 5.91 Å². The van der Waals surface area contributed by atoms with Crippen LogP contribution in [0.4, 0.5) is 0 Å². The summed E-state index contributed by atoms with van der Waals surface area (Å²) in [4.78, 5) is 15.1. The molecule has 5 nitrogen and oxygen atoms in total. The average Bonchev–Trinajstić information content (AvgIpc) is 3.06. The molecule has 0 spiro atoms. The molecule has 0 bridgehead atoms. The van der Waals surface area contributed by atoms with Crippen LogP contribution in [-0.2, 0) is 7.05 Å². The Labute approximate surface area is 136 Å². The molecular weight excluding hydrogens is 328 g/mol. The number of nitrogens with zero attached hydrogens (tertiary/aromatic N) is 3. The molecule has 0 radical (unpaired) electrons. The molecule has 8 heteroatoms. The summed E-state index contributed by atoms with van der Waals surface area (Å²) in [5.41, 5.74) is 0. The largest absolute Gasteiger partial charge is 0.337 e. The lowest BCUT2D eigenvalue weighted by Crippen LogP contribution is -2.39. The number of H-pyrrole nitrogens is 1. The Hall–Kier alpha value is -1.18. The van der Waals surface area contributed by atoms with Gasteiger partial charge in [0.05, 0.1) is 9.21 Å². The second kappa shape index (κ2) is 5.90. The summed E-state index contributed by atoms with van der Waals surface area (Å²) in [6, 6.07) is 3.55. The number of nitrogens with one attached hydrogen (secondary N) is 1. The summed E-state index contributed by atoms with van der Waals surface area (Å²) in [5.74, 6) is 1.19. The number of amides is 1. The first-order chi connectivity index (χ1) is 10.1. The minimum Gasteiger partial charge on any atom is -0.337 e. The van der Waals surface area contributed by atoms with Crippen LogP contribution in [0.15, 0.2) is 12.1 Å². The van der Waals surface area contributed by atoms with Gasteiger partial charge in [-0.2, -0.15) is 5.10 Å². The van der Waals surface area contributed by atoms with Gasteiger partial charge in [-0.1, -0.05) is 11.6 Å². The number of carbonyl (C=O) groups excluding carboxylic acids is 1. The first-order valence-electron chi connectivity index (χ1n) is 6.72. The quantitative estimate of drug-likeness (QED) is 0.853. The summed E-state index contributed by atoms with van der Waals surface area (Å²) >= 11 is 12.4. The maximum absolute atomic E-state index is 12.5. The van der Waals surface area contributed by atoms with E-state index in [0.717, 1.165) is 25.2 Å². The van der Waals surface area contributed by atoms with Crippen LogP contribution in [0.1, 0.15) is 34.3 Å². The number of aromatic nitrogens is 3. The van der Waals surface area contributed by atoms with Crippen molar-refractivity contribution in [2.24, 2.45) is 7.05 Å². The monoisotopic (exact) mass is 342 g/mol. The lowest BCUT2D eigenvalue weighted by molar-refractivity contribution is 0.0708. The van der Waals surface area contributed by atoms with Crippen molar-refractivity contribution in [3.05, 3.63) is 31.9 Å². The molecule has 112 valence electrons. The zero-order valence-corrected chi connectivity index (χ0v) is 13.9. The Morgan fingerprint density at radius 2 is 2.38 bits per heavy atom. The number of thiophene rings is 1. The fourth-order valence-corrected chi connectivity index (χ4v) is 3.83. The third kappa shape index (κ3) is 2.90. The standard InChI is InChI=1S/C13H15ClN4OS2/c1-17-11(15-16-13(17)20)8-3-2-6-18(7-8)12(19)9-4-5-10(14)21-9/h4-5,8H,2-3,6-7H2,1H3,(H,16,20)/t8-/m0/s1. The van der Waals surface area contributed by atoms with Crippen molar-refractivity contribution >= 4 is 41.1 Å². The van der Waals surface area contributed by atoms with Gasteiger partial charge in [-0.05, 0) is 37.2 Å². The third-order valence-corrected chi connectivity index (χ3v) is 5.36. The van der Waals surface area contributed by atoms with Gasteiger partial charge in [0.15, 0.2) is 4.77 Å². The molecule has 2 aromatic rings. The van der Waals surface area contributed by atoms with Crippen LogP contribution in [0.3, 0.4) is 0 Å². The predicted octanol–water partition coefficient (Wildman–Crippen LogP) is 3.21. The number of hydrogen-bond acceptors (Lipinski definition) is 4. The highest BCUT2D eigenvalue weighted by Crippen LogP contribution is 2.28. The maximum Gasteiger partial charge on any atom is 0.263 e. The summed E-state index contributed by atoms with van der Waals surface area (Å²) in [7, 11) is 1.90. The second-order valence-electron chi connectivity index (χ2n) is 5.14. The van der Waals surface area contributed by atoms with Crippen molar-refractivity contribution < 1.29 is 4.79 Å². The molecule has 1 aliphatic heterocycles. The molecule has 2 aromatic heterocycles. The summed E-state index contributed by atoms with van der Waals surface area (Å²) in [6.07, 6.45) is 1.98. The van der Waals surface area contributed by atoms with E-state index in [9.17, 15) is 4.79 Å². The SMILES string of the molecule is Cn1c([C@H]2CCCN(C(=O)c3ccc(Cl)s3)C2)n[nH]c1=S. The molecule has 0 unspecified atom stereocenters. The topological polar surface area (TPSA) is 53.9 Å². The molecule has 1 amide bonds. The Balaban J connectivity index is 1.78. The normalized spacial score (nSPS) is 19.0. The van der Waals surface area contributed by atoms with E-state index in [1.807, 2.05) is 16.5 Å². The molecule has 0 aromatic carbocycles. The highest BCUT2D eigenvalue weighted by Gasteiger charge is 2.28. The van der Waals surface area contributed by atoms with Crippen LogP contribution in [0.2, 0.25) is 4.34 Å². The minimum atomic E-state index is 0.0494. The van der Waals surface area contributed by atoms with E-state index in [4.69, 9.17) is 23.8 Å². The molecule has 3 heterocycles. The fraction of sp³-hybridized carbons (Fsp3) is 0.462. The van der Waals surface area contributed by atoms with E-state index in [1.54, 1.807) is 12.1 Å². The van der Waals surface area contributed by atoms with E-state index in [0.29, 0.717) is 20.5 Å². The van der Waals surface area contributed by atoms with Gasteiger partial charge in [-0.25, -0.2) is 0 Å². The Morgan fingerprint density at radius 1 is 1.57 bits per heavy atom. The molecule has 1 fully saturated rings. The van der Waals surface area contributed by atoms with Crippen LogP contribution < -0.4 is 0 Å². The number of hydrogen-bond donors (Lipinski definition) is 1. The molecule has 0 saturated carbocycles. The Morgan fingerprint density at radius 3 is 3.00 bits per heavy atom. The van der Waals surface area contributed by atoms with Crippen molar-refractivity contribution in [3.8, 4) is 0 Å². The number of carbonyl (C=O) groups is 1. The van der Waals surface area contributed by atoms with Gasteiger partial charge >= 0.3 is 0 Å². The van der Waals surface area contributed by atoms with Crippen molar-refractivity contribution in [1.29, 1.82) is 0 Å². The Kier molecular flexibility index (Phi) is 4.14. The van der Waals surface area contributed by atoms with Crippen LogP contribution >= 0.6 is 35.2 Å². The summed E-state index contributed by atoms with van der Waals surface area (Å²) in [5, 5.41) is 7.11. The van der Waals surface area contributed by atoms with E-state index >= 15 is 0 Å². The van der Waals surface area contributed by atoms with Crippen LogP contribution in [0.5, 0.6) is 0 Å². The van der Waals surface area contributed by atoms with Gasteiger partial charge in [0.2, 0.25) is 0 Å². The fourth-order valence-electron chi connectivity index (χ4n) is 2.68. The molecule has 1 atom stereocenters. The molecule has 1 aliphatic rings. The molecule has 3 rings (SSSR count). The van der Waals surface area contributed by atoms with E-state index in [1.165, 1.54) is 11.3 Å². The zero-order chi connectivity index (χ0) is 15.0.